The topological polar surface area (TPSA) is 69.5 Å². The van der Waals surface area contributed by atoms with E-state index in [4.69, 9.17) is 14.6 Å². The van der Waals surface area contributed by atoms with E-state index in [0.29, 0.717) is 31.2 Å². The number of carbonyl (C=O) groups excluding carboxylic acids is 1. The molecule has 0 saturated heterocycles. The molecule has 3 aromatic rings. The van der Waals surface area contributed by atoms with Gasteiger partial charge in [0, 0.05) is 29.9 Å². The fraction of sp³-hybridized carbons (Fsp3) is 0.348. The number of methoxy groups -OCH3 is 1. The van der Waals surface area contributed by atoms with Crippen LogP contribution >= 0.6 is 0 Å². The van der Waals surface area contributed by atoms with Crippen molar-refractivity contribution in [3.05, 3.63) is 54.1 Å². The van der Waals surface area contributed by atoms with Crippen LogP contribution in [0.25, 0.3) is 22.4 Å². The Kier molecular flexibility index (Phi) is 5.39. The smallest absolute Gasteiger partial charge is 0.410 e. The van der Waals surface area contributed by atoms with Gasteiger partial charge in [0.15, 0.2) is 0 Å². The van der Waals surface area contributed by atoms with Crippen LogP contribution in [-0.2, 0) is 17.8 Å². The number of hydrogen-bond acceptors (Lipinski definition) is 5. The van der Waals surface area contributed by atoms with Gasteiger partial charge in [-0.25, -0.2) is 14.2 Å². The first-order valence-electron chi connectivity index (χ1n) is 10.1. The number of ether oxygens (including phenoxy) is 2. The third-order valence-electron chi connectivity index (χ3n) is 4.98. The van der Waals surface area contributed by atoms with Crippen LogP contribution in [0.15, 0.2) is 42.6 Å². The van der Waals surface area contributed by atoms with E-state index in [1.165, 1.54) is 12.1 Å². The van der Waals surface area contributed by atoms with E-state index >= 15 is 0 Å². The first kappa shape index (κ1) is 20.8. The largest absolute Gasteiger partial charge is 0.481 e. The minimum absolute atomic E-state index is 0.309. The summed E-state index contributed by atoms with van der Waals surface area (Å²) in [7, 11) is 1.56. The maximum atomic E-state index is 13.5. The molecule has 0 unspecified atom stereocenters. The Morgan fingerprint density at radius 1 is 1.10 bits per heavy atom. The van der Waals surface area contributed by atoms with Crippen molar-refractivity contribution in [1.29, 1.82) is 0 Å². The highest BCUT2D eigenvalue weighted by Gasteiger charge is 2.30. The molecular weight excluding hydrogens is 399 g/mol. The molecule has 1 aliphatic heterocycles. The molecule has 3 heterocycles. The van der Waals surface area contributed by atoms with Gasteiger partial charge in [0.2, 0.25) is 5.88 Å². The normalized spacial score (nSPS) is 13.6. The average molecular weight is 424 g/mol. The quantitative estimate of drug-likeness (QED) is 0.619. The molecule has 0 spiro atoms. The zero-order valence-corrected chi connectivity index (χ0v) is 18.1. The minimum atomic E-state index is -0.574. The summed E-state index contributed by atoms with van der Waals surface area (Å²) in [5.74, 6) is 0.165. The highest BCUT2D eigenvalue weighted by Crippen LogP contribution is 2.37. The van der Waals surface area contributed by atoms with E-state index < -0.39 is 5.60 Å². The standard InChI is InChI=1S/C23H25FN4O3/c1-23(2,3)31-22(29)27-11-12-28-18(14-27)20(16-9-10-25-19(13-16)30-4)21(26-28)15-5-7-17(24)8-6-15/h5-10,13H,11-12,14H2,1-4H3. The number of benzene rings is 1. The Bertz CT molecular complexity index is 1100. The maximum Gasteiger partial charge on any atom is 0.410 e. The number of halogens is 1. The summed E-state index contributed by atoms with van der Waals surface area (Å²) >= 11 is 0. The predicted octanol–water partition coefficient (Wildman–Crippen LogP) is 4.51. The average Bonchev–Trinajstić information content (AvgIpc) is 3.11. The molecule has 0 saturated carbocycles. The molecule has 0 bridgehead atoms. The van der Waals surface area contributed by atoms with Gasteiger partial charge in [0.25, 0.3) is 0 Å². The van der Waals surface area contributed by atoms with E-state index in [-0.39, 0.29) is 11.9 Å². The fourth-order valence-corrected chi connectivity index (χ4v) is 3.59. The van der Waals surface area contributed by atoms with E-state index in [0.717, 1.165) is 22.4 Å². The lowest BCUT2D eigenvalue weighted by Crippen LogP contribution is -2.41. The monoisotopic (exact) mass is 424 g/mol. The second-order valence-electron chi connectivity index (χ2n) is 8.39. The number of aromatic nitrogens is 3. The van der Waals surface area contributed by atoms with Gasteiger partial charge in [-0.05, 0) is 56.7 Å². The molecule has 2 aromatic heterocycles. The van der Waals surface area contributed by atoms with Gasteiger partial charge in [-0.15, -0.1) is 0 Å². The number of carbonyl (C=O) groups is 1. The van der Waals surface area contributed by atoms with Crippen LogP contribution in [0.2, 0.25) is 0 Å². The molecule has 0 aliphatic carbocycles. The lowest BCUT2D eigenvalue weighted by atomic mass is 9.99. The van der Waals surface area contributed by atoms with Crippen LogP contribution in [0.5, 0.6) is 5.88 Å². The Hall–Kier alpha value is -3.42. The summed E-state index contributed by atoms with van der Waals surface area (Å²) in [5.41, 5.74) is 3.53. The van der Waals surface area contributed by atoms with E-state index in [1.54, 1.807) is 30.3 Å². The second-order valence-corrected chi connectivity index (χ2v) is 8.39. The molecule has 4 rings (SSSR count). The van der Waals surface area contributed by atoms with Gasteiger partial charge in [-0.1, -0.05) is 0 Å². The summed E-state index contributed by atoms with van der Waals surface area (Å²) < 4.78 is 26.3. The summed E-state index contributed by atoms with van der Waals surface area (Å²) in [6.07, 6.45) is 1.31. The minimum Gasteiger partial charge on any atom is -0.481 e. The molecular formula is C23H25FN4O3. The summed E-state index contributed by atoms with van der Waals surface area (Å²) in [4.78, 5) is 18.6. The molecule has 1 aromatic carbocycles. The summed E-state index contributed by atoms with van der Waals surface area (Å²) in [5, 5.41) is 4.81. The third-order valence-corrected chi connectivity index (χ3v) is 4.98. The molecule has 7 nitrogen and oxygen atoms in total. The number of fused-ring (bicyclic) bond motifs is 1. The van der Waals surface area contributed by atoms with Crippen molar-refractivity contribution in [3.63, 3.8) is 0 Å². The lowest BCUT2D eigenvalue weighted by Gasteiger charge is -2.30. The Balaban J connectivity index is 1.80. The zero-order valence-electron chi connectivity index (χ0n) is 18.1. The number of nitrogens with zero attached hydrogens (tertiary/aromatic N) is 4. The highest BCUT2D eigenvalue weighted by molar-refractivity contribution is 5.83. The zero-order chi connectivity index (χ0) is 22.2. The summed E-state index contributed by atoms with van der Waals surface area (Å²) in [6, 6.07) is 9.95. The van der Waals surface area contributed by atoms with Crippen LogP contribution in [0.4, 0.5) is 9.18 Å². The Morgan fingerprint density at radius 3 is 2.52 bits per heavy atom. The van der Waals surface area contributed by atoms with E-state index in [9.17, 15) is 9.18 Å². The van der Waals surface area contributed by atoms with Gasteiger partial charge in [0.1, 0.15) is 17.1 Å². The molecule has 31 heavy (non-hydrogen) atoms. The van der Waals surface area contributed by atoms with Crippen molar-refractivity contribution in [2.45, 2.75) is 39.5 Å². The molecule has 1 amide bonds. The number of hydrogen-bond donors (Lipinski definition) is 0. The van der Waals surface area contributed by atoms with Gasteiger partial charge in [0.05, 0.1) is 25.9 Å². The van der Waals surface area contributed by atoms with Gasteiger partial charge in [-0.2, -0.15) is 5.10 Å². The third kappa shape index (κ3) is 4.38. The van der Waals surface area contributed by atoms with Crippen LogP contribution < -0.4 is 4.74 Å². The predicted molar refractivity (Wildman–Crippen MR) is 114 cm³/mol. The van der Waals surface area contributed by atoms with Crippen LogP contribution in [-0.4, -0.2) is 45.0 Å². The van der Waals surface area contributed by atoms with Crippen molar-refractivity contribution in [1.82, 2.24) is 19.7 Å². The molecule has 0 radical (unpaired) electrons. The fourth-order valence-electron chi connectivity index (χ4n) is 3.59. The van der Waals surface area contributed by atoms with E-state index in [2.05, 4.69) is 4.98 Å². The Morgan fingerprint density at radius 2 is 1.84 bits per heavy atom. The molecule has 0 fully saturated rings. The van der Waals surface area contributed by atoms with Crippen molar-refractivity contribution in [2.75, 3.05) is 13.7 Å². The molecule has 0 atom stereocenters. The van der Waals surface area contributed by atoms with Crippen molar-refractivity contribution in [3.8, 4) is 28.3 Å². The number of rotatable bonds is 3. The lowest BCUT2D eigenvalue weighted by molar-refractivity contribution is 0.0195. The molecule has 0 N–H and O–H groups in total. The SMILES string of the molecule is COc1cc(-c2c(-c3ccc(F)cc3)nn3c2CN(C(=O)OC(C)(C)C)CC3)ccn1. The second kappa shape index (κ2) is 8.02. The molecule has 1 aliphatic rings. The first-order valence-corrected chi connectivity index (χ1v) is 10.1. The van der Waals surface area contributed by atoms with Crippen molar-refractivity contribution >= 4 is 6.09 Å². The van der Waals surface area contributed by atoms with Gasteiger partial charge in [-0.3, -0.25) is 4.68 Å². The van der Waals surface area contributed by atoms with Crippen molar-refractivity contribution < 1.29 is 18.7 Å². The van der Waals surface area contributed by atoms with Crippen LogP contribution in [0.3, 0.4) is 0 Å². The number of amides is 1. The van der Waals surface area contributed by atoms with Crippen LogP contribution in [0, 0.1) is 5.82 Å². The van der Waals surface area contributed by atoms with Crippen LogP contribution in [0.1, 0.15) is 26.5 Å². The molecule has 8 heteroatoms. The van der Waals surface area contributed by atoms with Gasteiger partial charge < -0.3 is 14.4 Å². The summed E-state index contributed by atoms with van der Waals surface area (Å²) in [6.45, 7) is 6.92. The highest BCUT2D eigenvalue weighted by atomic mass is 19.1. The molecule has 162 valence electrons. The van der Waals surface area contributed by atoms with Gasteiger partial charge >= 0.3 is 6.09 Å². The first-order chi connectivity index (χ1) is 14.7. The van der Waals surface area contributed by atoms with E-state index in [1.807, 2.05) is 37.6 Å². The number of pyridine rings is 1. The maximum absolute atomic E-state index is 13.5. The van der Waals surface area contributed by atoms with Crippen molar-refractivity contribution in [2.24, 2.45) is 0 Å². The Labute approximate surface area is 180 Å².